The Labute approximate surface area is 189 Å². The van der Waals surface area contributed by atoms with Gasteiger partial charge in [0.1, 0.15) is 0 Å². The zero-order valence-corrected chi connectivity index (χ0v) is 18.1. The number of nitrogens with zero attached hydrogens (tertiary/aromatic N) is 3. The van der Waals surface area contributed by atoms with E-state index in [-0.39, 0.29) is 11.5 Å². The maximum Gasteiger partial charge on any atom is 0.281 e. The van der Waals surface area contributed by atoms with Gasteiger partial charge in [-0.3, -0.25) is 10.1 Å². The second-order valence-corrected chi connectivity index (χ2v) is 7.81. The molecule has 1 amide bonds. The Morgan fingerprint density at radius 2 is 1.59 bits per heavy atom. The maximum absolute atomic E-state index is 13.0. The minimum atomic E-state index is -0.601. The van der Waals surface area contributed by atoms with Crippen molar-refractivity contribution in [3.63, 3.8) is 0 Å². The lowest BCUT2D eigenvalue weighted by Crippen LogP contribution is -2.14. The van der Waals surface area contributed by atoms with Crippen LogP contribution in [0.25, 0.3) is 17.0 Å². The Balaban J connectivity index is 1.63. The lowest BCUT2D eigenvalue weighted by Gasteiger charge is -2.06. The molecule has 0 unspecified atom stereocenters. The highest BCUT2D eigenvalue weighted by Gasteiger charge is 2.19. The van der Waals surface area contributed by atoms with E-state index in [4.69, 9.17) is 0 Å². The van der Waals surface area contributed by atoms with E-state index in [1.807, 2.05) is 60.8 Å². The van der Waals surface area contributed by atoms with E-state index in [9.17, 15) is 9.90 Å². The molecule has 1 aromatic heterocycles. The van der Waals surface area contributed by atoms with Crippen LogP contribution in [0.3, 0.4) is 0 Å². The lowest BCUT2D eigenvalue weighted by molar-refractivity contribution is -0.112. The largest absolute Gasteiger partial charge is 0.505 e. The van der Waals surface area contributed by atoms with Crippen LogP contribution in [0.5, 0.6) is 0 Å². The van der Waals surface area contributed by atoms with Crippen LogP contribution in [-0.2, 0) is 4.79 Å². The fraction of sp³-hybridized carbons (Fsp3) is 0.0400. The Morgan fingerprint density at radius 3 is 2.28 bits per heavy atom. The predicted octanol–water partition coefficient (Wildman–Crippen LogP) is 6.77. The molecule has 32 heavy (non-hydrogen) atoms. The van der Waals surface area contributed by atoms with Gasteiger partial charge in [-0.05, 0) is 19.1 Å². The molecule has 0 saturated heterocycles. The molecule has 0 aliphatic carbocycles. The van der Waals surface area contributed by atoms with E-state index in [2.05, 4.69) is 20.5 Å². The first kappa shape index (κ1) is 21.1. The molecule has 0 radical (unpaired) electrons. The molecular weight excluding hydrogens is 420 g/mol. The van der Waals surface area contributed by atoms with Crippen molar-refractivity contribution in [2.24, 2.45) is 10.2 Å². The molecule has 3 aromatic carbocycles. The van der Waals surface area contributed by atoms with Gasteiger partial charge in [0, 0.05) is 16.5 Å². The maximum atomic E-state index is 13.0. The SMILES string of the molecule is Cc1ccc(N=N/C(C(=O)Nc2nc(-c3ccccc3)cs2)=C(/O)c2ccccc2)cc1. The number of thiazole rings is 1. The Hall–Kier alpha value is -4.10. The molecule has 7 heteroatoms. The van der Waals surface area contributed by atoms with E-state index >= 15 is 0 Å². The second kappa shape index (κ2) is 9.80. The fourth-order valence-corrected chi connectivity index (χ4v) is 3.60. The van der Waals surface area contributed by atoms with Crippen LogP contribution >= 0.6 is 11.3 Å². The van der Waals surface area contributed by atoms with Crippen molar-refractivity contribution in [2.75, 3.05) is 5.32 Å². The number of anilines is 1. The lowest BCUT2D eigenvalue weighted by atomic mass is 10.1. The third kappa shape index (κ3) is 5.14. The summed E-state index contributed by atoms with van der Waals surface area (Å²) < 4.78 is 0. The standard InChI is InChI=1S/C25H20N4O2S/c1-17-12-14-20(15-13-17)28-29-22(23(30)19-10-6-3-7-11-19)24(31)27-25-26-21(16-32-25)18-8-4-2-5-9-18/h2-16,30H,1H3,(H,26,27,31)/b23-22+,29-28?. The summed E-state index contributed by atoms with van der Waals surface area (Å²) in [5, 5.41) is 24.0. The Kier molecular flexibility index (Phi) is 6.48. The highest BCUT2D eigenvalue weighted by Crippen LogP contribution is 2.26. The average Bonchev–Trinajstić information content (AvgIpc) is 3.30. The zero-order chi connectivity index (χ0) is 22.3. The zero-order valence-electron chi connectivity index (χ0n) is 17.3. The van der Waals surface area contributed by atoms with Gasteiger partial charge in [0.15, 0.2) is 16.6 Å². The summed E-state index contributed by atoms with van der Waals surface area (Å²) in [6.07, 6.45) is 0. The van der Waals surface area contributed by atoms with Gasteiger partial charge in [0.2, 0.25) is 0 Å². The van der Waals surface area contributed by atoms with Gasteiger partial charge in [-0.25, -0.2) is 4.98 Å². The number of aliphatic hydroxyl groups is 1. The van der Waals surface area contributed by atoms with Gasteiger partial charge in [-0.15, -0.1) is 16.5 Å². The topological polar surface area (TPSA) is 86.9 Å². The van der Waals surface area contributed by atoms with E-state index in [0.29, 0.717) is 16.4 Å². The highest BCUT2D eigenvalue weighted by atomic mass is 32.1. The number of aromatic nitrogens is 1. The van der Waals surface area contributed by atoms with Crippen LogP contribution in [0.15, 0.2) is 106 Å². The number of carbonyl (C=O) groups is 1. The number of hydrogen-bond acceptors (Lipinski definition) is 6. The average molecular weight is 441 g/mol. The number of aryl methyl sites for hydroxylation is 1. The van der Waals surface area contributed by atoms with Crippen molar-refractivity contribution >= 4 is 33.8 Å². The van der Waals surface area contributed by atoms with Gasteiger partial charge in [-0.2, -0.15) is 5.11 Å². The van der Waals surface area contributed by atoms with Crippen LogP contribution in [-0.4, -0.2) is 16.0 Å². The van der Waals surface area contributed by atoms with Crippen LogP contribution in [0, 0.1) is 6.92 Å². The summed E-state index contributed by atoms with van der Waals surface area (Å²) in [7, 11) is 0. The first-order valence-corrected chi connectivity index (χ1v) is 10.8. The number of carbonyl (C=O) groups excluding carboxylic acids is 1. The molecule has 0 bridgehead atoms. The van der Waals surface area contributed by atoms with Gasteiger partial charge < -0.3 is 5.11 Å². The number of rotatable bonds is 6. The predicted molar refractivity (Wildman–Crippen MR) is 128 cm³/mol. The number of nitrogens with one attached hydrogen (secondary N) is 1. The number of aliphatic hydroxyl groups excluding tert-OH is 1. The van der Waals surface area contributed by atoms with Gasteiger partial charge in [-0.1, -0.05) is 78.4 Å². The van der Waals surface area contributed by atoms with Gasteiger partial charge in [0.25, 0.3) is 5.91 Å². The Bertz CT molecular complexity index is 1260. The molecule has 0 atom stereocenters. The third-order valence-corrected chi connectivity index (χ3v) is 5.34. The van der Waals surface area contributed by atoms with Crippen LogP contribution in [0.1, 0.15) is 11.1 Å². The molecule has 1 heterocycles. The summed E-state index contributed by atoms with van der Waals surface area (Å²) in [4.78, 5) is 17.5. The number of azo groups is 1. The smallest absolute Gasteiger partial charge is 0.281 e. The molecule has 0 fully saturated rings. The van der Waals surface area contributed by atoms with E-state index < -0.39 is 5.91 Å². The van der Waals surface area contributed by atoms with Crippen LogP contribution in [0.4, 0.5) is 10.8 Å². The first-order chi connectivity index (χ1) is 15.6. The summed E-state index contributed by atoms with van der Waals surface area (Å²) in [6.45, 7) is 1.97. The number of benzene rings is 3. The minimum absolute atomic E-state index is 0.201. The van der Waals surface area contributed by atoms with Crippen molar-refractivity contribution in [1.29, 1.82) is 0 Å². The molecule has 0 aliphatic rings. The number of amides is 1. The molecular formula is C25H20N4O2S. The summed E-state index contributed by atoms with van der Waals surface area (Å²) in [5.41, 5.74) is 3.62. The van der Waals surface area contributed by atoms with E-state index in [0.717, 1.165) is 16.8 Å². The van der Waals surface area contributed by atoms with Gasteiger partial charge >= 0.3 is 0 Å². The molecule has 4 aromatic rings. The summed E-state index contributed by atoms with van der Waals surface area (Å²) >= 11 is 1.29. The molecule has 4 rings (SSSR count). The molecule has 2 N–H and O–H groups in total. The quantitative estimate of drug-likeness (QED) is 0.197. The second-order valence-electron chi connectivity index (χ2n) is 6.96. The highest BCUT2D eigenvalue weighted by molar-refractivity contribution is 7.14. The minimum Gasteiger partial charge on any atom is -0.505 e. The monoisotopic (exact) mass is 440 g/mol. The first-order valence-electron chi connectivity index (χ1n) is 9.89. The van der Waals surface area contributed by atoms with E-state index in [1.165, 1.54) is 11.3 Å². The van der Waals surface area contributed by atoms with Gasteiger partial charge in [0.05, 0.1) is 11.4 Å². The van der Waals surface area contributed by atoms with Crippen molar-refractivity contribution in [1.82, 2.24) is 4.98 Å². The summed E-state index contributed by atoms with van der Waals surface area (Å²) in [5.74, 6) is -0.866. The molecule has 0 spiro atoms. The number of hydrogen-bond donors (Lipinski definition) is 2. The Morgan fingerprint density at radius 1 is 0.938 bits per heavy atom. The van der Waals surface area contributed by atoms with Crippen molar-refractivity contribution in [2.45, 2.75) is 6.92 Å². The molecule has 0 aliphatic heterocycles. The van der Waals surface area contributed by atoms with Crippen LogP contribution < -0.4 is 5.32 Å². The molecule has 6 nitrogen and oxygen atoms in total. The van der Waals surface area contributed by atoms with Crippen molar-refractivity contribution in [3.8, 4) is 11.3 Å². The summed E-state index contributed by atoms with van der Waals surface area (Å²) in [6, 6.07) is 25.8. The molecule has 158 valence electrons. The van der Waals surface area contributed by atoms with Crippen molar-refractivity contribution < 1.29 is 9.90 Å². The van der Waals surface area contributed by atoms with Crippen LogP contribution in [0.2, 0.25) is 0 Å². The van der Waals surface area contributed by atoms with Crippen molar-refractivity contribution in [3.05, 3.63) is 107 Å². The third-order valence-electron chi connectivity index (χ3n) is 4.58. The normalized spacial score (nSPS) is 11.9. The molecule has 0 saturated carbocycles. The fourth-order valence-electron chi connectivity index (χ4n) is 2.88. The van der Waals surface area contributed by atoms with E-state index in [1.54, 1.807) is 36.4 Å².